The molecule has 0 spiro atoms. The Balaban J connectivity index is 2.17. The number of aliphatic hydroxyl groups excluding tert-OH is 1. The quantitative estimate of drug-likeness (QED) is 0.770. The second-order valence-electron chi connectivity index (χ2n) is 6.04. The van der Waals surface area contributed by atoms with Crippen molar-refractivity contribution < 1.29 is 19.2 Å². The number of aromatic nitrogens is 1. The zero-order valence-electron chi connectivity index (χ0n) is 12.8. The van der Waals surface area contributed by atoms with Crippen LogP contribution < -0.4 is 10.8 Å². The standard InChI is InChI=1S/C14H21BN2O4/c1-13(2)14(3,4)21-15(20-13)10-5-6-16-11(9-10)12(19)17-7-8-18/h5-6,9,18H,7-8H2,1-4H3,(H,17,19). The number of carbonyl (C=O) groups excluding carboxylic acids is 1. The third kappa shape index (κ3) is 3.25. The lowest BCUT2D eigenvalue weighted by atomic mass is 9.79. The molecule has 1 aliphatic heterocycles. The summed E-state index contributed by atoms with van der Waals surface area (Å²) in [5.74, 6) is -0.331. The summed E-state index contributed by atoms with van der Waals surface area (Å²) in [6.45, 7) is 7.99. The number of amides is 1. The fourth-order valence-electron chi connectivity index (χ4n) is 1.96. The number of rotatable bonds is 4. The van der Waals surface area contributed by atoms with Crippen molar-refractivity contribution in [2.24, 2.45) is 0 Å². The summed E-state index contributed by atoms with van der Waals surface area (Å²) in [4.78, 5) is 15.9. The number of carbonyl (C=O) groups is 1. The summed E-state index contributed by atoms with van der Waals surface area (Å²) in [5.41, 5.74) is 0.161. The molecule has 1 aromatic heterocycles. The largest absolute Gasteiger partial charge is 0.494 e. The highest BCUT2D eigenvalue weighted by molar-refractivity contribution is 6.62. The molecule has 0 bridgehead atoms. The first kappa shape index (κ1) is 15.9. The maximum atomic E-state index is 11.9. The van der Waals surface area contributed by atoms with E-state index >= 15 is 0 Å². The van der Waals surface area contributed by atoms with Gasteiger partial charge in [-0.05, 0) is 45.3 Å². The van der Waals surface area contributed by atoms with Gasteiger partial charge in [-0.2, -0.15) is 0 Å². The van der Waals surface area contributed by atoms with E-state index in [-0.39, 0.29) is 24.8 Å². The number of pyridine rings is 1. The third-order valence-electron chi connectivity index (χ3n) is 3.94. The maximum absolute atomic E-state index is 11.9. The molecular formula is C14H21BN2O4. The molecule has 7 heteroatoms. The second kappa shape index (κ2) is 5.75. The van der Waals surface area contributed by atoms with E-state index < -0.39 is 18.3 Å². The van der Waals surface area contributed by atoms with E-state index in [1.54, 1.807) is 18.3 Å². The van der Waals surface area contributed by atoms with Crippen LogP contribution >= 0.6 is 0 Å². The molecule has 0 saturated carbocycles. The Morgan fingerprint density at radius 3 is 2.52 bits per heavy atom. The summed E-state index contributed by atoms with van der Waals surface area (Å²) in [5, 5.41) is 11.3. The van der Waals surface area contributed by atoms with Gasteiger partial charge in [0, 0.05) is 12.7 Å². The van der Waals surface area contributed by atoms with Crippen LogP contribution in [0.4, 0.5) is 0 Å². The normalized spacial score (nSPS) is 19.6. The SMILES string of the molecule is CC1(C)OB(c2ccnc(C(=O)NCCO)c2)OC1(C)C. The average Bonchev–Trinajstić information content (AvgIpc) is 2.65. The summed E-state index contributed by atoms with van der Waals surface area (Å²) in [6, 6.07) is 3.42. The lowest BCUT2D eigenvalue weighted by molar-refractivity contribution is 0.00578. The number of aliphatic hydroxyl groups is 1. The van der Waals surface area contributed by atoms with Gasteiger partial charge in [-0.1, -0.05) is 0 Å². The highest BCUT2D eigenvalue weighted by Gasteiger charge is 2.51. The van der Waals surface area contributed by atoms with Crippen molar-refractivity contribution in [2.45, 2.75) is 38.9 Å². The minimum atomic E-state index is -0.526. The van der Waals surface area contributed by atoms with Crippen LogP contribution in [0, 0.1) is 0 Å². The topological polar surface area (TPSA) is 80.7 Å². The molecule has 0 radical (unpaired) electrons. The van der Waals surface area contributed by atoms with Crippen molar-refractivity contribution in [3.05, 3.63) is 24.0 Å². The molecule has 0 aromatic carbocycles. The predicted octanol–water partition coefficient (Wildman–Crippen LogP) is 0.103. The average molecular weight is 292 g/mol. The van der Waals surface area contributed by atoms with Gasteiger partial charge < -0.3 is 19.7 Å². The number of hydrogen-bond acceptors (Lipinski definition) is 5. The van der Waals surface area contributed by atoms with Crippen LogP contribution in [0.15, 0.2) is 18.3 Å². The number of nitrogens with zero attached hydrogens (tertiary/aromatic N) is 1. The van der Waals surface area contributed by atoms with Crippen molar-refractivity contribution in [3.8, 4) is 0 Å². The molecule has 21 heavy (non-hydrogen) atoms. The van der Waals surface area contributed by atoms with E-state index in [4.69, 9.17) is 14.4 Å². The Bertz CT molecular complexity index is 517. The van der Waals surface area contributed by atoms with Crippen molar-refractivity contribution >= 4 is 18.5 Å². The summed E-state index contributed by atoms with van der Waals surface area (Å²) >= 11 is 0. The van der Waals surface area contributed by atoms with Crippen molar-refractivity contribution in [1.82, 2.24) is 10.3 Å². The molecule has 1 aromatic rings. The highest BCUT2D eigenvalue weighted by atomic mass is 16.7. The first-order valence-corrected chi connectivity index (χ1v) is 6.97. The summed E-state index contributed by atoms with van der Waals surface area (Å²) in [7, 11) is -0.526. The molecule has 0 unspecified atom stereocenters. The molecule has 1 fully saturated rings. The molecule has 1 aliphatic rings. The van der Waals surface area contributed by atoms with Crippen LogP contribution in [0.1, 0.15) is 38.2 Å². The first-order valence-electron chi connectivity index (χ1n) is 6.97. The zero-order valence-corrected chi connectivity index (χ0v) is 12.8. The molecule has 0 atom stereocenters. The van der Waals surface area contributed by atoms with Crippen molar-refractivity contribution in [2.75, 3.05) is 13.2 Å². The molecule has 6 nitrogen and oxygen atoms in total. The van der Waals surface area contributed by atoms with Crippen LogP contribution in [0.3, 0.4) is 0 Å². The van der Waals surface area contributed by atoms with Gasteiger partial charge in [0.25, 0.3) is 5.91 Å². The fraction of sp³-hybridized carbons (Fsp3) is 0.571. The number of hydrogen-bond donors (Lipinski definition) is 2. The Hall–Kier alpha value is -1.44. The van der Waals surface area contributed by atoms with Gasteiger partial charge in [0.05, 0.1) is 17.8 Å². The van der Waals surface area contributed by atoms with Crippen LogP contribution in [0.25, 0.3) is 0 Å². The van der Waals surface area contributed by atoms with E-state index in [1.807, 2.05) is 27.7 Å². The molecule has 0 aliphatic carbocycles. The van der Waals surface area contributed by atoms with E-state index in [1.165, 1.54) is 0 Å². The van der Waals surface area contributed by atoms with Gasteiger partial charge in [-0.25, -0.2) is 0 Å². The Kier molecular flexibility index (Phi) is 4.36. The number of nitrogens with one attached hydrogen (secondary N) is 1. The molecule has 2 heterocycles. The Morgan fingerprint density at radius 2 is 1.95 bits per heavy atom. The smallest absolute Gasteiger partial charge is 0.399 e. The second-order valence-corrected chi connectivity index (χ2v) is 6.04. The predicted molar refractivity (Wildman–Crippen MR) is 79.4 cm³/mol. The lowest BCUT2D eigenvalue weighted by Crippen LogP contribution is -2.41. The van der Waals surface area contributed by atoms with E-state index in [0.717, 1.165) is 5.46 Å². The third-order valence-corrected chi connectivity index (χ3v) is 3.94. The van der Waals surface area contributed by atoms with Crippen LogP contribution in [0.5, 0.6) is 0 Å². The summed E-state index contributed by atoms with van der Waals surface area (Å²) < 4.78 is 11.9. The molecule has 2 N–H and O–H groups in total. The monoisotopic (exact) mass is 292 g/mol. The summed E-state index contributed by atoms with van der Waals surface area (Å²) in [6.07, 6.45) is 1.55. The zero-order chi connectivity index (χ0) is 15.7. The molecule has 2 rings (SSSR count). The van der Waals surface area contributed by atoms with Gasteiger partial charge in [-0.15, -0.1) is 0 Å². The minimum Gasteiger partial charge on any atom is -0.399 e. The minimum absolute atomic E-state index is 0.108. The Labute approximate surface area is 125 Å². The molecular weight excluding hydrogens is 271 g/mol. The lowest BCUT2D eigenvalue weighted by Gasteiger charge is -2.32. The fourth-order valence-corrected chi connectivity index (χ4v) is 1.96. The molecule has 114 valence electrons. The highest BCUT2D eigenvalue weighted by Crippen LogP contribution is 2.36. The van der Waals surface area contributed by atoms with E-state index in [0.29, 0.717) is 0 Å². The first-order chi connectivity index (χ1) is 9.77. The van der Waals surface area contributed by atoms with Gasteiger partial charge in [0.1, 0.15) is 5.69 Å². The van der Waals surface area contributed by atoms with E-state index in [2.05, 4.69) is 10.3 Å². The van der Waals surface area contributed by atoms with Crippen LogP contribution in [0.2, 0.25) is 0 Å². The van der Waals surface area contributed by atoms with Crippen LogP contribution in [-0.2, 0) is 9.31 Å². The maximum Gasteiger partial charge on any atom is 0.494 e. The van der Waals surface area contributed by atoms with E-state index in [9.17, 15) is 4.79 Å². The molecule has 1 saturated heterocycles. The van der Waals surface area contributed by atoms with Crippen LogP contribution in [-0.4, -0.2) is 47.5 Å². The van der Waals surface area contributed by atoms with Gasteiger partial charge in [-0.3, -0.25) is 9.78 Å². The van der Waals surface area contributed by atoms with Crippen molar-refractivity contribution in [3.63, 3.8) is 0 Å². The van der Waals surface area contributed by atoms with Crippen molar-refractivity contribution in [1.29, 1.82) is 0 Å². The van der Waals surface area contributed by atoms with Gasteiger partial charge >= 0.3 is 7.12 Å². The van der Waals surface area contributed by atoms with Gasteiger partial charge in [0.2, 0.25) is 0 Å². The molecule has 1 amide bonds. The Morgan fingerprint density at radius 1 is 1.33 bits per heavy atom. The van der Waals surface area contributed by atoms with Gasteiger partial charge in [0.15, 0.2) is 0 Å².